The zero-order valence-electron chi connectivity index (χ0n) is 18.5. The molecule has 13 heteroatoms. The third-order valence-corrected chi connectivity index (χ3v) is 7.97. The average Bonchev–Trinajstić information content (AvgIpc) is 2.78. The smallest absolute Gasteiger partial charge is 0.272 e. The van der Waals surface area contributed by atoms with Gasteiger partial charge in [-0.15, -0.1) is 0 Å². The number of nitrogens with zero attached hydrogens (tertiary/aromatic N) is 1. The summed E-state index contributed by atoms with van der Waals surface area (Å²) in [6.07, 6.45) is -1.70. The molecule has 0 bridgehead atoms. The van der Waals surface area contributed by atoms with Crippen molar-refractivity contribution < 1.29 is 39.9 Å². The van der Waals surface area contributed by atoms with Crippen LogP contribution in [0.4, 0.5) is 0 Å². The summed E-state index contributed by atoms with van der Waals surface area (Å²) in [6, 6.07) is -0.192. The lowest BCUT2D eigenvalue weighted by atomic mass is 9.54. The summed E-state index contributed by atoms with van der Waals surface area (Å²) in [5, 5.41) is 55.6. The first-order valence-electron chi connectivity index (χ1n) is 10.4. The summed E-state index contributed by atoms with van der Waals surface area (Å²) < 4.78 is 0. The molecular formula is C22H21Cl3N2O8. The predicted molar refractivity (Wildman–Crippen MR) is 125 cm³/mol. The van der Waals surface area contributed by atoms with E-state index in [4.69, 9.17) is 35.0 Å². The number of aliphatic hydroxyl groups is 4. The highest BCUT2D eigenvalue weighted by Crippen LogP contribution is 2.57. The molecule has 6 atom stereocenters. The Morgan fingerprint density at radius 3 is 2.29 bits per heavy atom. The minimum atomic E-state index is -2.99. The first kappa shape index (κ1) is 25.7. The van der Waals surface area contributed by atoms with Crippen molar-refractivity contribution in [3.05, 3.63) is 44.1 Å². The summed E-state index contributed by atoms with van der Waals surface area (Å²) in [4.78, 5) is 42.3. The summed E-state index contributed by atoms with van der Waals surface area (Å²) in [7, 11) is 2.86. The molecule has 0 unspecified atom stereocenters. The van der Waals surface area contributed by atoms with Gasteiger partial charge in [-0.25, -0.2) is 0 Å². The fraction of sp³-hybridized carbons (Fsp3) is 0.409. The van der Waals surface area contributed by atoms with E-state index in [1.807, 2.05) is 0 Å². The van der Waals surface area contributed by atoms with Gasteiger partial charge in [0.1, 0.15) is 22.8 Å². The number of benzene rings is 1. The Morgan fingerprint density at radius 1 is 1.14 bits per heavy atom. The van der Waals surface area contributed by atoms with E-state index in [0.717, 1.165) is 0 Å². The van der Waals surface area contributed by atoms with E-state index >= 15 is 0 Å². The van der Waals surface area contributed by atoms with Gasteiger partial charge in [-0.2, -0.15) is 0 Å². The molecule has 0 heterocycles. The number of aliphatic hydroxyl groups excluding tert-OH is 3. The maximum Gasteiger partial charge on any atom is 0.272 e. The number of carbonyl (C=O) groups excluding carboxylic acids is 3. The number of Topliss-reactive ketones (excluding diaryl/α,β-unsaturated/α-hetero) is 2. The topological polar surface area (TPSA) is 168 Å². The maximum absolute atomic E-state index is 13.8. The zero-order chi connectivity index (χ0) is 26.3. The van der Waals surface area contributed by atoms with Crippen LogP contribution in [0.25, 0.3) is 5.76 Å². The van der Waals surface area contributed by atoms with Gasteiger partial charge in [0.2, 0.25) is 5.78 Å². The van der Waals surface area contributed by atoms with E-state index in [1.165, 1.54) is 25.1 Å². The van der Waals surface area contributed by atoms with E-state index in [0.29, 0.717) is 0 Å². The lowest BCUT2D eigenvalue weighted by Crippen LogP contribution is -2.70. The predicted octanol–water partition coefficient (Wildman–Crippen LogP) is 1.59. The van der Waals surface area contributed by atoms with E-state index < -0.39 is 81.4 Å². The Morgan fingerprint density at radius 2 is 1.74 bits per heavy atom. The van der Waals surface area contributed by atoms with Crippen LogP contribution < -0.4 is 4.84 Å². The van der Waals surface area contributed by atoms with E-state index in [9.17, 15) is 39.9 Å². The van der Waals surface area contributed by atoms with Crippen molar-refractivity contribution >= 4 is 58.2 Å². The van der Waals surface area contributed by atoms with Crippen LogP contribution in [0.1, 0.15) is 24.0 Å². The molecule has 188 valence electrons. The van der Waals surface area contributed by atoms with Gasteiger partial charge in [0.05, 0.1) is 28.6 Å². The Balaban J connectivity index is 2.09. The Labute approximate surface area is 214 Å². The third kappa shape index (κ3) is 3.18. The van der Waals surface area contributed by atoms with E-state index in [2.05, 4.69) is 0 Å². The number of hydrogen-bond acceptors (Lipinski definition) is 9. The van der Waals surface area contributed by atoms with Crippen LogP contribution in [-0.2, 0) is 14.4 Å². The monoisotopic (exact) mass is 546 g/mol. The highest BCUT2D eigenvalue weighted by Gasteiger charge is 2.68. The van der Waals surface area contributed by atoms with Crippen molar-refractivity contribution in [2.24, 2.45) is 11.8 Å². The second-order valence-electron chi connectivity index (χ2n) is 9.09. The molecule has 10 nitrogen and oxygen atoms in total. The molecule has 1 amide bonds. The molecule has 1 aromatic carbocycles. The first-order valence-corrected chi connectivity index (χ1v) is 11.5. The minimum Gasteiger partial charge on any atom is -0.508 e. The third-order valence-electron chi connectivity index (χ3n) is 7.19. The van der Waals surface area contributed by atoms with Gasteiger partial charge in [-0.1, -0.05) is 30.1 Å². The van der Waals surface area contributed by atoms with Crippen LogP contribution in [0.2, 0.25) is 10.0 Å². The number of nitrogens with one attached hydrogen (secondary N) is 1. The fourth-order valence-electron chi connectivity index (χ4n) is 5.70. The van der Waals surface area contributed by atoms with E-state index in [-0.39, 0.29) is 21.2 Å². The molecule has 35 heavy (non-hydrogen) atoms. The standard InChI is InChI=1S/C22H21Cl3N2O8/c1-5-8-6(23)4-7(24)15(28)10(8)16(29)11-9(5)17(30)13-14(27(2)3)18(31)12(21(34)26-25)20(33)22(13,35)19(11)32/h4-5,9,13-14,17,28-30,33,35H,1-3H3,(H,26,34)/t5-,9+,13+,14-,17-,22-/m0/s1. The second kappa shape index (κ2) is 8.36. The van der Waals surface area contributed by atoms with E-state index in [1.54, 1.807) is 11.8 Å². The Kier molecular flexibility index (Phi) is 6.15. The number of fused-ring (bicyclic) bond motifs is 3. The quantitative estimate of drug-likeness (QED) is 0.238. The summed E-state index contributed by atoms with van der Waals surface area (Å²) in [5.41, 5.74) is -4.54. The molecule has 1 saturated carbocycles. The Hall–Kier alpha value is -2.34. The zero-order valence-corrected chi connectivity index (χ0v) is 20.8. The molecule has 0 aliphatic heterocycles. The van der Waals surface area contributed by atoms with Crippen molar-refractivity contribution in [3.8, 4) is 5.75 Å². The van der Waals surface area contributed by atoms with Crippen LogP contribution in [0.15, 0.2) is 23.0 Å². The number of amides is 1. The number of aromatic hydroxyl groups is 1. The largest absolute Gasteiger partial charge is 0.508 e. The van der Waals surface area contributed by atoms with Crippen molar-refractivity contribution in [3.63, 3.8) is 0 Å². The van der Waals surface area contributed by atoms with Gasteiger partial charge in [0.15, 0.2) is 11.4 Å². The average molecular weight is 548 g/mol. The molecule has 1 aromatic rings. The number of phenolic OH excluding ortho intramolecular Hbond substituents is 1. The highest BCUT2D eigenvalue weighted by atomic mass is 35.5. The molecule has 4 rings (SSSR count). The van der Waals surface area contributed by atoms with Gasteiger partial charge in [0, 0.05) is 28.3 Å². The SMILES string of the molecule is C[C@H]1c2c(Cl)cc(Cl)c(O)c2C(O)=C2C(=O)[C@]3(O)C(O)=C(C(=O)NCl)C(=O)[C@@H](N(C)C)[C@@H]3[C@@H](O)[C@@H]21. The first-order chi connectivity index (χ1) is 16.2. The van der Waals surface area contributed by atoms with Crippen LogP contribution in [0, 0.1) is 11.8 Å². The van der Waals surface area contributed by atoms with Crippen LogP contribution in [0.3, 0.4) is 0 Å². The number of halogens is 3. The molecule has 0 saturated heterocycles. The van der Waals surface area contributed by atoms with Crippen LogP contribution in [0.5, 0.6) is 5.75 Å². The number of likely N-dealkylation sites (N-methyl/N-ethyl adjacent to an activating group) is 1. The molecule has 0 radical (unpaired) electrons. The molecule has 3 aliphatic carbocycles. The molecule has 1 fully saturated rings. The number of phenols is 1. The number of hydrogen-bond donors (Lipinski definition) is 6. The number of carbonyl (C=O) groups is 3. The number of rotatable bonds is 2. The van der Waals surface area contributed by atoms with Crippen molar-refractivity contribution in [2.45, 2.75) is 30.6 Å². The van der Waals surface area contributed by atoms with Gasteiger partial charge < -0.3 is 25.5 Å². The molecule has 0 spiro atoms. The van der Waals surface area contributed by atoms with Crippen LogP contribution >= 0.6 is 35.0 Å². The molecule has 3 aliphatic rings. The summed E-state index contributed by atoms with van der Waals surface area (Å²) in [5.74, 6) is -9.87. The minimum absolute atomic E-state index is 0.0501. The normalized spacial score (nSPS) is 32.4. The molecular weight excluding hydrogens is 527 g/mol. The van der Waals surface area contributed by atoms with Crippen molar-refractivity contribution in [1.82, 2.24) is 9.74 Å². The van der Waals surface area contributed by atoms with Crippen LogP contribution in [-0.4, -0.2) is 79.7 Å². The van der Waals surface area contributed by atoms with Gasteiger partial charge in [-0.3, -0.25) is 24.1 Å². The second-order valence-corrected chi connectivity index (χ2v) is 10.1. The maximum atomic E-state index is 13.8. The van der Waals surface area contributed by atoms with Crippen molar-refractivity contribution in [2.75, 3.05) is 14.1 Å². The van der Waals surface area contributed by atoms with Gasteiger partial charge in [-0.05, 0) is 31.6 Å². The lowest BCUT2D eigenvalue weighted by molar-refractivity contribution is -0.169. The van der Waals surface area contributed by atoms with Crippen molar-refractivity contribution in [1.29, 1.82) is 0 Å². The summed E-state index contributed by atoms with van der Waals surface area (Å²) in [6.45, 7) is 1.58. The Bertz CT molecular complexity index is 1260. The fourth-order valence-corrected chi connectivity index (χ4v) is 6.43. The molecule has 6 N–H and O–H groups in total. The van der Waals surface area contributed by atoms with Gasteiger partial charge >= 0.3 is 0 Å². The highest BCUT2D eigenvalue weighted by molar-refractivity contribution is 6.37. The lowest BCUT2D eigenvalue weighted by Gasteiger charge is -2.53. The summed E-state index contributed by atoms with van der Waals surface area (Å²) >= 11 is 17.7. The van der Waals surface area contributed by atoms with Gasteiger partial charge in [0.25, 0.3) is 5.91 Å². The molecule has 0 aromatic heterocycles. The number of ketones is 2.